The summed E-state index contributed by atoms with van der Waals surface area (Å²) < 4.78 is 5.57. The Morgan fingerprint density at radius 3 is 2.50 bits per heavy atom. The molecule has 2 aromatic rings. The molecule has 1 atom stereocenters. The quantitative estimate of drug-likeness (QED) is 0.890. The summed E-state index contributed by atoms with van der Waals surface area (Å²) >= 11 is 0. The van der Waals surface area contributed by atoms with Crippen LogP contribution >= 0.6 is 12.4 Å². The lowest BCUT2D eigenvalue weighted by Crippen LogP contribution is -2.31. The van der Waals surface area contributed by atoms with Crippen molar-refractivity contribution < 1.29 is 4.74 Å². The zero-order valence-electron chi connectivity index (χ0n) is 14.5. The molecule has 3 rings (SSSR count). The molecule has 1 aliphatic heterocycles. The van der Waals surface area contributed by atoms with E-state index in [0.29, 0.717) is 0 Å². The van der Waals surface area contributed by atoms with E-state index in [-0.39, 0.29) is 17.8 Å². The maximum absolute atomic E-state index is 5.93. The summed E-state index contributed by atoms with van der Waals surface area (Å²) in [5.41, 5.74) is 9.91. The lowest BCUT2D eigenvalue weighted by molar-refractivity contribution is 0.270. The fraction of sp³-hybridized carbons (Fsp3) is 0.400. The average molecular weight is 347 g/mol. The number of nitrogens with zero attached hydrogens (tertiary/aromatic N) is 1. The van der Waals surface area contributed by atoms with E-state index in [1.807, 2.05) is 6.07 Å². The Labute approximate surface area is 151 Å². The van der Waals surface area contributed by atoms with Gasteiger partial charge in [0, 0.05) is 18.7 Å². The normalized spacial score (nSPS) is 20.6. The van der Waals surface area contributed by atoms with Crippen molar-refractivity contribution in [3.05, 3.63) is 54.1 Å². The van der Waals surface area contributed by atoms with Crippen LogP contribution in [-0.2, 0) is 6.54 Å². The first-order valence-electron chi connectivity index (χ1n) is 8.28. The second kappa shape index (κ2) is 8.02. The molecular weight excluding hydrogens is 320 g/mol. The molecule has 2 N–H and O–H groups in total. The highest BCUT2D eigenvalue weighted by molar-refractivity contribution is 5.85. The molecular formula is C20H27ClN2O. The van der Waals surface area contributed by atoms with Crippen molar-refractivity contribution in [1.82, 2.24) is 4.90 Å². The van der Waals surface area contributed by atoms with Gasteiger partial charge in [-0.2, -0.15) is 0 Å². The summed E-state index contributed by atoms with van der Waals surface area (Å²) in [6.45, 7) is 6.11. The van der Waals surface area contributed by atoms with E-state index in [1.54, 1.807) is 7.11 Å². The van der Waals surface area contributed by atoms with E-state index in [4.69, 9.17) is 10.5 Å². The number of methoxy groups -OCH3 is 1. The highest BCUT2D eigenvalue weighted by Gasteiger charge is 2.32. The second-order valence-electron chi connectivity index (χ2n) is 6.87. The van der Waals surface area contributed by atoms with Crippen LogP contribution in [0.4, 0.5) is 0 Å². The zero-order chi connectivity index (χ0) is 16.3. The number of ether oxygens (including phenoxy) is 1. The van der Waals surface area contributed by atoms with Gasteiger partial charge in [0.25, 0.3) is 0 Å². The van der Waals surface area contributed by atoms with Crippen LogP contribution in [-0.4, -0.2) is 31.6 Å². The number of nitrogens with two attached hydrogens (primary N) is 1. The first-order chi connectivity index (χ1) is 11.1. The molecule has 0 amide bonds. The van der Waals surface area contributed by atoms with Crippen molar-refractivity contribution >= 4 is 12.4 Å². The number of benzene rings is 2. The number of likely N-dealkylation sites (tertiary alicyclic amines) is 1. The van der Waals surface area contributed by atoms with Crippen LogP contribution in [0.2, 0.25) is 0 Å². The van der Waals surface area contributed by atoms with E-state index >= 15 is 0 Å². The minimum atomic E-state index is 0. The minimum Gasteiger partial charge on any atom is -0.496 e. The van der Waals surface area contributed by atoms with Crippen LogP contribution in [0.15, 0.2) is 48.5 Å². The predicted molar refractivity (Wildman–Crippen MR) is 103 cm³/mol. The van der Waals surface area contributed by atoms with Crippen LogP contribution in [0.3, 0.4) is 0 Å². The SMILES string of the molecule is COc1ccc(-c2ccccc2)cc1CN1CCC(C)(CN)C1.Cl. The lowest BCUT2D eigenvalue weighted by atomic mass is 9.90. The molecule has 0 bridgehead atoms. The molecule has 1 unspecified atom stereocenters. The topological polar surface area (TPSA) is 38.5 Å². The molecule has 0 spiro atoms. The van der Waals surface area contributed by atoms with Gasteiger partial charge in [-0.05, 0) is 48.2 Å². The molecule has 130 valence electrons. The van der Waals surface area contributed by atoms with Crippen LogP contribution < -0.4 is 10.5 Å². The van der Waals surface area contributed by atoms with Gasteiger partial charge in [-0.3, -0.25) is 4.90 Å². The van der Waals surface area contributed by atoms with Crippen molar-refractivity contribution in [3.63, 3.8) is 0 Å². The summed E-state index contributed by atoms with van der Waals surface area (Å²) in [6, 6.07) is 17.0. The average Bonchev–Trinajstić information content (AvgIpc) is 2.97. The Balaban J connectivity index is 0.00000208. The molecule has 1 heterocycles. The molecule has 24 heavy (non-hydrogen) atoms. The van der Waals surface area contributed by atoms with E-state index in [9.17, 15) is 0 Å². The summed E-state index contributed by atoms with van der Waals surface area (Å²) in [5.74, 6) is 0.964. The number of hydrogen-bond acceptors (Lipinski definition) is 3. The van der Waals surface area contributed by atoms with Gasteiger partial charge in [0.15, 0.2) is 0 Å². The molecule has 4 heteroatoms. The van der Waals surface area contributed by atoms with Gasteiger partial charge >= 0.3 is 0 Å². The van der Waals surface area contributed by atoms with Gasteiger partial charge in [0.1, 0.15) is 5.75 Å². The summed E-state index contributed by atoms with van der Waals surface area (Å²) in [7, 11) is 1.75. The molecule has 3 nitrogen and oxygen atoms in total. The fourth-order valence-electron chi connectivity index (χ4n) is 3.38. The largest absolute Gasteiger partial charge is 0.496 e. The van der Waals surface area contributed by atoms with Crippen LogP contribution in [0.25, 0.3) is 11.1 Å². The number of rotatable bonds is 5. The second-order valence-corrected chi connectivity index (χ2v) is 6.87. The Morgan fingerprint density at radius 1 is 1.12 bits per heavy atom. The first kappa shape index (κ1) is 18.8. The first-order valence-corrected chi connectivity index (χ1v) is 8.28. The van der Waals surface area contributed by atoms with Crippen molar-refractivity contribution in [2.24, 2.45) is 11.1 Å². The molecule has 1 fully saturated rings. The third-order valence-corrected chi connectivity index (χ3v) is 4.91. The van der Waals surface area contributed by atoms with Gasteiger partial charge in [0.05, 0.1) is 7.11 Å². The predicted octanol–water partition coefficient (Wildman–Crippen LogP) is 3.95. The van der Waals surface area contributed by atoms with Crippen molar-refractivity contribution in [2.75, 3.05) is 26.7 Å². The van der Waals surface area contributed by atoms with Crippen LogP contribution in [0.1, 0.15) is 18.9 Å². The molecule has 0 aromatic heterocycles. The van der Waals surface area contributed by atoms with Crippen molar-refractivity contribution in [3.8, 4) is 16.9 Å². The van der Waals surface area contributed by atoms with E-state index in [0.717, 1.165) is 31.9 Å². The third-order valence-electron chi connectivity index (χ3n) is 4.91. The minimum absolute atomic E-state index is 0. The molecule has 0 saturated carbocycles. The monoisotopic (exact) mass is 346 g/mol. The third kappa shape index (κ3) is 4.10. The molecule has 1 aliphatic rings. The molecule has 0 radical (unpaired) electrons. The molecule has 0 aliphatic carbocycles. The van der Waals surface area contributed by atoms with E-state index in [1.165, 1.54) is 23.1 Å². The zero-order valence-corrected chi connectivity index (χ0v) is 15.3. The van der Waals surface area contributed by atoms with Crippen molar-refractivity contribution in [2.45, 2.75) is 19.9 Å². The van der Waals surface area contributed by atoms with Gasteiger partial charge in [-0.1, -0.05) is 43.3 Å². The van der Waals surface area contributed by atoms with E-state index < -0.39 is 0 Å². The maximum atomic E-state index is 5.93. The highest BCUT2D eigenvalue weighted by atomic mass is 35.5. The summed E-state index contributed by atoms with van der Waals surface area (Å²) in [4.78, 5) is 2.49. The van der Waals surface area contributed by atoms with E-state index in [2.05, 4.69) is 54.3 Å². The fourth-order valence-corrected chi connectivity index (χ4v) is 3.38. The lowest BCUT2D eigenvalue weighted by Gasteiger charge is -2.23. The van der Waals surface area contributed by atoms with Crippen molar-refractivity contribution in [1.29, 1.82) is 0 Å². The molecule has 1 saturated heterocycles. The maximum Gasteiger partial charge on any atom is 0.123 e. The Hall–Kier alpha value is -1.55. The Bertz CT molecular complexity index is 662. The highest BCUT2D eigenvalue weighted by Crippen LogP contribution is 2.32. The summed E-state index contributed by atoms with van der Waals surface area (Å²) in [5, 5.41) is 0. The van der Waals surface area contributed by atoms with Crippen LogP contribution in [0.5, 0.6) is 5.75 Å². The standard InChI is InChI=1S/C20H26N2O.ClH/c1-20(14-21)10-11-22(15-20)13-18-12-17(8-9-19(18)23-2)16-6-4-3-5-7-16;/h3-9,12H,10-11,13-15,21H2,1-2H3;1H. The van der Waals surface area contributed by atoms with Gasteiger partial charge in [0.2, 0.25) is 0 Å². The van der Waals surface area contributed by atoms with Gasteiger partial charge < -0.3 is 10.5 Å². The number of hydrogen-bond donors (Lipinski definition) is 1. The molecule has 2 aromatic carbocycles. The summed E-state index contributed by atoms with van der Waals surface area (Å²) in [6.07, 6.45) is 1.17. The Morgan fingerprint density at radius 2 is 1.88 bits per heavy atom. The van der Waals surface area contributed by atoms with Gasteiger partial charge in [-0.15, -0.1) is 12.4 Å². The van der Waals surface area contributed by atoms with Gasteiger partial charge in [-0.25, -0.2) is 0 Å². The Kier molecular flexibility index (Phi) is 6.27. The smallest absolute Gasteiger partial charge is 0.123 e. The van der Waals surface area contributed by atoms with Crippen LogP contribution in [0, 0.1) is 5.41 Å². The number of halogens is 1.